The molecule has 0 bridgehead atoms. The summed E-state index contributed by atoms with van der Waals surface area (Å²) in [5, 5.41) is 7.53. The molecular weight excluding hydrogens is 402 g/mol. The van der Waals surface area contributed by atoms with Gasteiger partial charge in [0.1, 0.15) is 11.4 Å². The first-order valence-electron chi connectivity index (χ1n) is 11.4. The summed E-state index contributed by atoms with van der Waals surface area (Å²) in [6.07, 6.45) is 4.18. The number of carbonyl (C=O) groups excluding carboxylic acids is 1. The molecule has 0 saturated heterocycles. The number of fused-ring (bicyclic) bond motifs is 1. The zero-order valence-electron chi connectivity index (χ0n) is 18.8. The number of aromatic nitrogens is 2. The molecule has 1 aromatic heterocycles. The molecule has 1 atom stereocenters. The first-order valence-corrected chi connectivity index (χ1v) is 11.4. The fraction of sp³-hybridized carbons (Fsp3) is 0.385. The fourth-order valence-electron chi connectivity index (χ4n) is 4.26. The highest BCUT2D eigenvalue weighted by Crippen LogP contribution is 2.43. The number of nitrogens with one attached hydrogen (secondary N) is 1. The monoisotopic (exact) mass is 433 g/mol. The van der Waals surface area contributed by atoms with Crippen molar-refractivity contribution in [2.24, 2.45) is 0 Å². The van der Waals surface area contributed by atoms with Gasteiger partial charge in [0.15, 0.2) is 0 Å². The van der Waals surface area contributed by atoms with Gasteiger partial charge in [-0.05, 0) is 30.5 Å². The van der Waals surface area contributed by atoms with Crippen molar-refractivity contribution in [3.63, 3.8) is 0 Å². The van der Waals surface area contributed by atoms with E-state index in [2.05, 4.69) is 29.3 Å². The van der Waals surface area contributed by atoms with E-state index in [1.54, 1.807) is 7.11 Å². The zero-order chi connectivity index (χ0) is 22.3. The minimum absolute atomic E-state index is 0.0179. The molecule has 1 aliphatic heterocycles. The highest BCUT2D eigenvalue weighted by molar-refractivity contribution is 6.00. The lowest BCUT2D eigenvalue weighted by Crippen LogP contribution is -2.31. The number of H-pyrrole nitrogens is 1. The number of hydrogen-bond acceptors (Lipinski definition) is 4. The van der Waals surface area contributed by atoms with Crippen LogP contribution in [0.15, 0.2) is 54.6 Å². The summed E-state index contributed by atoms with van der Waals surface area (Å²) in [6.45, 7) is 4.13. The van der Waals surface area contributed by atoms with E-state index in [1.165, 1.54) is 12.8 Å². The Morgan fingerprint density at radius 2 is 1.78 bits per heavy atom. The molecule has 6 heteroatoms. The molecule has 0 fully saturated rings. The van der Waals surface area contributed by atoms with E-state index in [9.17, 15) is 4.79 Å². The van der Waals surface area contributed by atoms with Crippen molar-refractivity contribution in [1.82, 2.24) is 15.1 Å². The number of methoxy groups -OCH3 is 1. The van der Waals surface area contributed by atoms with Gasteiger partial charge in [0.25, 0.3) is 5.91 Å². The zero-order valence-corrected chi connectivity index (χ0v) is 18.8. The van der Waals surface area contributed by atoms with Crippen molar-refractivity contribution in [3.05, 3.63) is 71.4 Å². The largest absolute Gasteiger partial charge is 0.494 e. The number of carbonyl (C=O) groups is 1. The van der Waals surface area contributed by atoms with E-state index in [0.29, 0.717) is 18.8 Å². The Hall–Kier alpha value is -3.12. The Morgan fingerprint density at radius 3 is 2.50 bits per heavy atom. The summed E-state index contributed by atoms with van der Waals surface area (Å²) in [7, 11) is 1.68. The highest BCUT2D eigenvalue weighted by Gasteiger charge is 2.41. The number of rotatable bonds is 11. The summed E-state index contributed by atoms with van der Waals surface area (Å²) in [5.41, 5.74) is 4.39. The van der Waals surface area contributed by atoms with Crippen molar-refractivity contribution in [1.29, 1.82) is 0 Å². The number of amides is 1. The minimum atomic E-state index is -0.197. The van der Waals surface area contributed by atoms with Crippen LogP contribution < -0.4 is 4.74 Å². The van der Waals surface area contributed by atoms with Gasteiger partial charge in [-0.15, -0.1) is 0 Å². The van der Waals surface area contributed by atoms with Crippen LogP contribution in [0.1, 0.15) is 60.3 Å². The normalized spacial score (nSPS) is 15.2. The Morgan fingerprint density at radius 1 is 1.00 bits per heavy atom. The average molecular weight is 434 g/mol. The number of hydrogen-bond donors (Lipinski definition) is 1. The molecule has 2 aromatic carbocycles. The SMILES string of the molecule is CCCCCOc1ccc(C2c3c(-c4ccccc4)n[nH]c3C(=O)N2CCCOC)cc1. The number of ether oxygens (including phenoxy) is 2. The first-order chi connectivity index (χ1) is 15.7. The van der Waals surface area contributed by atoms with Gasteiger partial charge in [0.2, 0.25) is 0 Å². The van der Waals surface area contributed by atoms with Crippen LogP contribution in [-0.2, 0) is 4.74 Å². The summed E-state index contributed by atoms with van der Waals surface area (Å²) in [6, 6.07) is 17.9. The predicted molar refractivity (Wildman–Crippen MR) is 125 cm³/mol. The average Bonchev–Trinajstić information content (AvgIpc) is 3.37. The van der Waals surface area contributed by atoms with Gasteiger partial charge in [0.05, 0.1) is 18.3 Å². The molecule has 4 rings (SSSR count). The Kier molecular flexibility index (Phi) is 7.22. The van der Waals surface area contributed by atoms with Crippen molar-refractivity contribution in [2.75, 3.05) is 26.9 Å². The van der Waals surface area contributed by atoms with Crippen LogP contribution in [0.25, 0.3) is 11.3 Å². The van der Waals surface area contributed by atoms with Gasteiger partial charge in [-0.3, -0.25) is 9.89 Å². The molecule has 1 amide bonds. The van der Waals surface area contributed by atoms with Crippen LogP contribution in [0.2, 0.25) is 0 Å². The molecule has 1 N–H and O–H groups in total. The van der Waals surface area contributed by atoms with Gasteiger partial charge in [-0.2, -0.15) is 5.10 Å². The molecule has 168 valence electrons. The number of aromatic amines is 1. The predicted octanol–water partition coefficient (Wildman–Crippen LogP) is 5.23. The summed E-state index contributed by atoms with van der Waals surface area (Å²) >= 11 is 0. The summed E-state index contributed by atoms with van der Waals surface area (Å²) < 4.78 is 11.1. The Labute approximate surface area is 189 Å². The second-order valence-corrected chi connectivity index (χ2v) is 8.10. The molecule has 1 unspecified atom stereocenters. The van der Waals surface area contributed by atoms with Gasteiger partial charge < -0.3 is 14.4 Å². The van der Waals surface area contributed by atoms with Gasteiger partial charge >= 0.3 is 0 Å². The van der Waals surface area contributed by atoms with Gasteiger partial charge in [0, 0.05) is 31.4 Å². The third-order valence-corrected chi connectivity index (χ3v) is 5.87. The van der Waals surface area contributed by atoms with Gasteiger partial charge in [-0.1, -0.05) is 62.2 Å². The summed E-state index contributed by atoms with van der Waals surface area (Å²) in [4.78, 5) is 15.2. The lowest BCUT2D eigenvalue weighted by molar-refractivity contribution is 0.0723. The molecule has 1 aliphatic rings. The maximum absolute atomic E-state index is 13.3. The molecule has 0 radical (unpaired) electrons. The van der Waals surface area contributed by atoms with Crippen LogP contribution in [0.3, 0.4) is 0 Å². The van der Waals surface area contributed by atoms with E-state index in [-0.39, 0.29) is 11.9 Å². The quantitative estimate of drug-likeness (QED) is 0.421. The highest BCUT2D eigenvalue weighted by atomic mass is 16.5. The first kappa shape index (κ1) is 22.1. The standard InChI is InChI=1S/C26H31N3O3/c1-3-4-8-18-32-21-14-12-20(13-15-21)25-22-23(19-10-6-5-7-11-19)27-28-24(22)26(30)29(25)16-9-17-31-2/h5-7,10-15,25H,3-4,8-9,16-18H2,1-2H3,(H,27,28). The molecule has 2 heterocycles. The van der Waals surface area contributed by atoms with Crippen LogP contribution in [0, 0.1) is 0 Å². The maximum atomic E-state index is 13.3. The lowest BCUT2D eigenvalue weighted by atomic mass is 9.96. The van der Waals surface area contributed by atoms with Crippen LogP contribution >= 0.6 is 0 Å². The smallest absolute Gasteiger partial charge is 0.273 e. The molecular formula is C26H31N3O3. The van der Waals surface area contributed by atoms with E-state index in [1.807, 2.05) is 47.4 Å². The summed E-state index contributed by atoms with van der Waals surface area (Å²) in [5.74, 6) is 0.839. The number of benzene rings is 2. The van der Waals surface area contributed by atoms with Crippen molar-refractivity contribution in [3.8, 4) is 17.0 Å². The molecule has 0 aliphatic carbocycles. The maximum Gasteiger partial charge on any atom is 0.273 e. The van der Waals surface area contributed by atoms with Crippen LogP contribution in [0.5, 0.6) is 5.75 Å². The topological polar surface area (TPSA) is 67.5 Å². The lowest BCUT2D eigenvalue weighted by Gasteiger charge is -2.26. The third-order valence-electron chi connectivity index (χ3n) is 5.87. The third kappa shape index (κ3) is 4.55. The molecule has 3 aromatic rings. The second kappa shape index (κ2) is 10.5. The van der Waals surface area contributed by atoms with E-state index in [0.717, 1.165) is 47.6 Å². The molecule has 6 nitrogen and oxygen atoms in total. The molecule has 0 spiro atoms. The number of nitrogens with zero attached hydrogens (tertiary/aromatic N) is 2. The van der Waals surface area contributed by atoms with Crippen LogP contribution in [-0.4, -0.2) is 47.9 Å². The molecule has 32 heavy (non-hydrogen) atoms. The molecule has 0 saturated carbocycles. The van der Waals surface area contributed by atoms with E-state index < -0.39 is 0 Å². The van der Waals surface area contributed by atoms with Gasteiger partial charge in [-0.25, -0.2) is 0 Å². The van der Waals surface area contributed by atoms with Crippen molar-refractivity contribution >= 4 is 5.91 Å². The minimum Gasteiger partial charge on any atom is -0.494 e. The van der Waals surface area contributed by atoms with Crippen LogP contribution in [0.4, 0.5) is 0 Å². The van der Waals surface area contributed by atoms with Crippen molar-refractivity contribution in [2.45, 2.75) is 38.6 Å². The second-order valence-electron chi connectivity index (χ2n) is 8.10. The van der Waals surface area contributed by atoms with E-state index in [4.69, 9.17) is 9.47 Å². The fourth-order valence-corrected chi connectivity index (χ4v) is 4.26. The Bertz CT molecular complexity index is 1010. The van der Waals surface area contributed by atoms with E-state index >= 15 is 0 Å². The Balaban J connectivity index is 1.65. The van der Waals surface area contributed by atoms with Crippen molar-refractivity contribution < 1.29 is 14.3 Å². The number of unbranched alkanes of at least 4 members (excludes halogenated alkanes) is 2.